The van der Waals surface area contributed by atoms with Crippen molar-refractivity contribution < 1.29 is 22.3 Å². The summed E-state index contributed by atoms with van der Waals surface area (Å²) in [5.74, 6) is 0.785. The number of nitrogens with zero attached hydrogens (tertiary/aromatic N) is 6. The van der Waals surface area contributed by atoms with Crippen molar-refractivity contribution in [2.75, 3.05) is 26.3 Å². The lowest BCUT2D eigenvalue weighted by atomic mass is 9.75. The van der Waals surface area contributed by atoms with E-state index in [1.54, 1.807) is 25.4 Å². The number of benzene rings is 1. The van der Waals surface area contributed by atoms with Gasteiger partial charge in [-0.05, 0) is 49.1 Å². The molecule has 2 aliphatic rings. The second-order valence-electron chi connectivity index (χ2n) is 11.0. The highest BCUT2D eigenvalue weighted by Crippen LogP contribution is 2.38. The maximum Gasteiger partial charge on any atom is 0.418 e. The third-order valence-electron chi connectivity index (χ3n) is 8.38. The predicted octanol–water partition coefficient (Wildman–Crippen LogP) is 4.24. The quantitative estimate of drug-likeness (QED) is 0.331. The van der Waals surface area contributed by atoms with Gasteiger partial charge in [0.05, 0.1) is 30.0 Å². The first-order valence-electron chi connectivity index (χ1n) is 13.3. The van der Waals surface area contributed by atoms with Crippen LogP contribution in [0, 0.1) is 0 Å². The lowest BCUT2D eigenvalue weighted by molar-refractivity contribution is -0.136. The standard InChI is InChI=1S/C28H30F4N6O2/c1-18(36-8-6-21(29)7-9-36)19-10-23(28(30,31)32)24-14-37(26(39)38(24)13-19)22-5-3-4-20(11-22)27(15-40-16-27)12-25-34-33-17-35(25)2/h3-5,10-11,13-14,17-18,21H,6-9,12,15-16H2,1-2H3/t18-/m0/s1. The molecule has 0 saturated carbocycles. The van der Waals surface area contributed by atoms with Crippen molar-refractivity contribution in [3.8, 4) is 5.69 Å². The van der Waals surface area contributed by atoms with Crippen LogP contribution in [-0.2, 0) is 29.8 Å². The van der Waals surface area contributed by atoms with Crippen LogP contribution in [-0.4, -0.2) is 61.1 Å². The Morgan fingerprint density at radius 3 is 2.52 bits per heavy atom. The van der Waals surface area contributed by atoms with Crippen molar-refractivity contribution in [3.05, 3.63) is 82.1 Å². The van der Waals surface area contributed by atoms with Crippen LogP contribution in [0.15, 0.2) is 53.8 Å². The van der Waals surface area contributed by atoms with Crippen LogP contribution in [0.25, 0.3) is 11.2 Å². The number of piperidine rings is 1. The number of halogens is 4. The SMILES string of the molecule is C[C@@H](c1cc(C(F)(F)F)c2cn(-c3cccc(C4(Cc5nncn5C)COC4)c3)c(=O)n2c1)N1CCC(F)CC1. The first kappa shape index (κ1) is 26.7. The zero-order valence-electron chi connectivity index (χ0n) is 22.2. The minimum Gasteiger partial charge on any atom is -0.379 e. The second-order valence-corrected chi connectivity index (χ2v) is 11.0. The molecule has 3 aromatic heterocycles. The lowest BCUT2D eigenvalue weighted by Gasteiger charge is -2.41. The van der Waals surface area contributed by atoms with Crippen LogP contribution in [0.3, 0.4) is 0 Å². The van der Waals surface area contributed by atoms with Gasteiger partial charge in [-0.2, -0.15) is 13.2 Å². The van der Waals surface area contributed by atoms with Gasteiger partial charge in [0.25, 0.3) is 0 Å². The minimum absolute atomic E-state index is 0.220. The van der Waals surface area contributed by atoms with Crippen LogP contribution in [0.5, 0.6) is 0 Å². The Kier molecular flexibility index (Phi) is 6.57. The van der Waals surface area contributed by atoms with Crippen molar-refractivity contribution in [1.29, 1.82) is 0 Å². The normalized spacial score (nSPS) is 19.1. The average Bonchev–Trinajstić information content (AvgIpc) is 3.47. The van der Waals surface area contributed by atoms with E-state index in [1.165, 1.54) is 17.0 Å². The van der Waals surface area contributed by atoms with Gasteiger partial charge in [-0.25, -0.2) is 9.18 Å². The van der Waals surface area contributed by atoms with E-state index >= 15 is 0 Å². The Balaban J connectivity index is 1.41. The molecule has 1 aromatic carbocycles. The number of likely N-dealkylation sites (tertiary alicyclic amines) is 1. The molecule has 40 heavy (non-hydrogen) atoms. The third kappa shape index (κ3) is 4.62. The molecule has 0 unspecified atom stereocenters. The summed E-state index contributed by atoms with van der Waals surface area (Å²) < 4.78 is 66.2. The summed E-state index contributed by atoms with van der Waals surface area (Å²) in [6, 6.07) is 7.97. The maximum atomic E-state index is 14.3. The number of alkyl halides is 4. The summed E-state index contributed by atoms with van der Waals surface area (Å²) in [7, 11) is 1.86. The van der Waals surface area contributed by atoms with E-state index in [9.17, 15) is 22.4 Å². The number of aryl methyl sites for hydroxylation is 1. The Morgan fingerprint density at radius 1 is 1.15 bits per heavy atom. The number of rotatable bonds is 6. The summed E-state index contributed by atoms with van der Waals surface area (Å²) in [5.41, 5.74) is -0.350. The topological polar surface area (TPSA) is 69.6 Å². The Bertz CT molecular complexity index is 1590. The molecule has 4 aromatic rings. The molecule has 12 heteroatoms. The van der Waals surface area contributed by atoms with Crippen molar-refractivity contribution >= 4 is 5.52 Å². The molecule has 5 heterocycles. The molecule has 8 nitrogen and oxygen atoms in total. The highest BCUT2D eigenvalue weighted by atomic mass is 19.4. The van der Waals surface area contributed by atoms with E-state index in [0.29, 0.717) is 56.8 Å². The van der Waals surface area contributed by atoms with Crippen LogP contribution >= 0.6 is 0 Å². The highest BCUT2D eigenvalue weighted by Gasteiger charge is 2.42. The number of imidazole rings is 1. The third-order valence-corrected chi connectivity index (χ3v) is 8.38. The van der Waals surface area contributed by atoms with Gasteiger partial charge >= 0.3 is 11.9 Å². The largest absolute Gasteiger partial charge is 0.418 e. The van der Waals surface area contributed by atoms with E-state index in [1.807, 2.05) is 28.6 Å². The summed E-state index contributed by atoms with van der Waals surface area (Å²) >= 11 is 0. The molecule has 212 valence electrons. The van der Waals surface area contributed by atoms with Gasteiger partial charge in [-0.3, -0.25) is 13.9 Å². The minimum atomic E-state index is -4.67. The maximum absolute atomic E-state index is 14.3. The number of hydrogen-bond acceptors (Lipinski definition) is 5. The van der Waals surface area contributed by atoms with Crippen LogP contribution < -0.4 is 5.69 Å². The molecule has 0 bridgehead atoms. The van der Waals surface area contributed by atoms with Crippen LogP contribution in [0.4, 0.5) is 17.6 Å². The van der Waals surface area contributed by atoms with E-state index in [-0.39, 0.29) is 10.9 Å². The van der Waals surface area contributed by atoms with Gasteiger partial charge < -0.3 is 9.30 Å². The van der Waals surface area contributed by atoms with Gasteiger partial charge in [0.2, 0.25) is 0 Å². The van der Waals surface area contributed by atoms with E-state index in [4.69, 9.17) is 4.74 Å². The zero-order chi connectivity index (χ0) is 28.2. The van der Waals surface area contributed by atoms with Crippen molar-refractivity contribution in [3.63, 3.8) is 0 Å². The first-order chi connectivity index (χ1) is 19.1. The zero-order valence-corrected chi connectivity index (χ0v) is 22.2. The molecule has 2 fully saturated rings. The molecule has 0 N–H and O–H groups in total. The number of aromatic nitrogens is 5. The fourth-order valence-corrected chi connectivity index (χ4v) is 5.79. The Morgan fingerprint density at radius 2 is 1.90 bits per heavy atom. The molecule has 2 saturated heterocycles. The fraction of sp³-hybridized carbons (Fsp3) is 0.464. The van der Waals surface area contributed by atoms with Crippen molar-refractivity contribution in [2.45, 2.75) is 50.0 Å². The van der Waals surface area contributed by atoms with E-state index in [0.717, 1.165) is 21.9 Å². The molecule has 6 rings (SSSR count). The number of ether oxygens (including phenoxy) is 1. The van der Waals surface area contributed by atoms with Crippen molar-refractivity contribution in [2.24, 2.45) is 7.05 Å². The monoisotopic (exact) mass is 558 g/mol. The van der Waals surface area contributed by atoms with E-state index < -0.39 is 29.6 Å². The number of hydrogen-bond donors (Lipinski definition) is 0. The van der Waals surface area contributed by atoms with Gasteiger partial charge in [0, 0.05) is 50.4 Å². The first-order valence-corrected chi connectivity index (χ1v) is 13.3. The molecule has 2 aliphatic heterocycles. The van der Waals surface area contributed by atoms with Gasteiger partial charge in [0.15, 0.2) is 0 Å². The number of pyridine rings is 1. The van der Waals surface area contributed by atoms with Crippen LogP contribution in [0.1, 0.15) is 48.3 Å². The molecular formula is C28H30F4N6O2. The molecule has 1 atom stereocenters. The van der Waals surface area contributed by atoms with Crippen LogP contribution in [0.2, 0.25) is 0 Å². The highest BCUT2D eigenvalue weighted by molar-refractivity contribution is 5.58. The van der Waals surface area contributed by atoms with E-state index in [2.05, 4.69) is 10.2 Å². The molecule has 0 radical (unpaired) electrons. The number of fused-ring (bicyclic) bond motifs is 1. The molecule has 0 amide bonds. The Hall–Kier alpha value is -3.51. The van der Waals surface area contributed by atoms with Gasteiger partial charge in [-0.1, -0.05) is 12.1 Å². The van der Waals surface area contributed by atoms with Crippen molar-refractivity contribution in [1.82, 2.24) is 28.6 Å². The lowest BCUT2D eigenvalue weighted by Crippen LogP contribution is -2.49. The summed E-state index contributed by atoms with van der Waals surface area (Å²) in [4.78, 5) is 15.6. The second kappa shape index (κ2) is 9.84. The smallest absolute Gasteiger partial charge is 0.379 e. The molecular weight excluding hydrogens is 528 g/mol. The van der Waals surface area contributed by atoms with Gasteiger partial charge in [-0.15, -0.1) is 10.2 Å². The predicted molar refractivity (Wildman–Crippen MR) is 139 cm³/mol. The Labute approximate surface area is 227 Å². The summed E-state index contributed by atoms with van der Waals surface area (Å²) in [5, 5.41) is 8.15. The average molecular weight is 559 g/mol. The van der Waals surface area contributed by atoms with Gasteiger partial charge in [0.1, 0.15) is 18.3 Å². The molecule has 0 spiro atoms. The summed E-state index contributed by atoms with van der Waals surface area (Å²) in [6.45, 7) is 3.60. The fourth-order valence-electron chi connectivity index (χ4n) is 5.79. The summed E-state index contributed by atoms with van der Waals surface area (Å²) in [6.07, 6.45) is 0.0461. The molecule has 0 aliphatic carbocycles.